The van der Waals surface area contributed by atoms with Crippen LogP contribution in [0.25, 0.3) is 0 Å². The van der Waals surface area contributed by atoms with Crippen LogP contribution in [0.4, 0.5) is 5.69 Å². The molecule has 0 aromatic heterocycles. The summed E-state index contributed by atoms with van der Waals surface area (Å²) in [6, 6.07) is 5.50. The number of ether oxygens (including phenoxy) is 1. The van der Waals surface area contributed by atoms with Crippen LogP contribution < -0.4 is 10.6 Å². The topological polar surface area (TPSA) is 67.4 Å². The van der Waals surface area contributed by atoms with Crippen LogP contribution in [0.3, 0.4) is 0 Å². The lowest BCUT2D eigenvalue weighted by Crippen LogP contribution is -2.41. The summed E-state index contributed by atoms with van der Waals surface area (Å²) in [4.78, 5) is 23.8. The first kappa shape index (κ1) is 12.8. The lowest BCUT2D eigenvalue weighted by Gasteiger charge is -2.19. The van der Waals surface area contributed by atoms with Crippen LogP contribution in [0.1, 0.15) is 35.2 Å². The minimum Gasteiger partial charge on any atom is -0.376 e. The normalized spacial score (nSPS) is 27.3. The molecule has 2 heterocycles. The Labute approximate surface area is 123 Å². The molecule has 21 heavy (non-hydrogen) atoms. The number of fused-ring (bicyclic) bond motifs is 1. The maximum Gasteiger partial charge on any atom is 0.251 e. The number of rotatable bonds is 3. The first-order valence-electron chi connectivity index (χ1n) is 7.56. The number of amides is 2. The zero-order chi connectivity index (χ0) is 14.4. The first-order chi connectivity index (χ1) is 10.2. The average Bonchev–Trinajstić information content (AvgIpc) is 3.08. The summed E-state index contributed by atoms with van der Waals surface area (Å²) >= 11 is 0. The molecule has 5 nitrogen and oxygen atoms in total. The van der Waals surface area contributed by atoms with E-state index in [1.54, 1.807) is 12.1 Å². The third-order valence-corrected chi connectivity index (χ3v) is 4.53. The predicted molar refractivity (Wildman–Crippen MR) is 77.1 cm³/mol. The maximum atomic E-state index is 12.4. The fourth-order valence-electron chi connectivity index (χ4n) is 3.28. The van der Waals surface area contributed by atoms with Gasteiger partial charge in [0.05, 0.1) is 18.6 Å². The van der Waals surface area contributed by atoms with Crippen molar-refractivity contribution in [1.82, 2.24) is 5.32 Å². The van der Waals surface area contributed by atoms with Gasteiger partial charge in [0.15, 0.2) is 0 Å². The fourth-order valence-corrected chi connectivity index (χ4v) is 3.28. The number of benzene rings is 1. The molecular weight excluding hydrogens is 268 g/mol. The number of carbonyl (C=O) groups excluding carboxylic acids is 2. The largest absolute Gasteiger partial charge is 0.376 e. The van der Waals surface area contributed by atoms with E-state index in [2.05, 4.69) is 10.6 Å². The Bertz CT molecular complexity index is 610. The Hall–Kier alpha value is -1.88. The van der Waals surface area contributed by atoms with Gasteiger partial charge >= 0.3 is 0 Å². The summed E-state index contributed by atoms with van der Waals surface area (Å²) in [5, 5.41) is 5.88. The highest BCUT2D eigenvalue weighted by molar-refractivity contribution is 6.01. The number of carbonyl (C=O) groups is 2. The molecule has 0 radical (unpaired) electrons. The smallest absolute Gasteiger partial charge is 0.251 e. The summed E-state index contributed by atoms with van der Waals surface area (Å²) in [5.74, 6) is 0.540. The molecular formula is C16H18N2O3. The fraction of sp³-hybridized carbons (Fsp3) is 0.500. The van der Waals surface area contributed by atoms with E-state index in [0.717, 1.165) is 24.3 Å². The van der Waals surface area contributed by atoms with Crippen molar-refractivity contribution < 1.29 is 14.3 Å². The highest BCUT2D eigenvalue weighted by Crippen LogP contribution is 2.38. The van der Waals surface area contributed by atoms with Gasteiger partial charge in [-0.15, -0.1) is 0 Å². The van der Waals surface area contributed by atoms with Gasteiger partial charge < -0.3 is 15.4 Å². The number of hydrogen-bond donors (Lipinski definition) is 2. The predicted octanol–water partition coefficient (Wildman–Crippen LogP) is 1.48. The van der Waals surface area contributed by atoms with E-state index in [4.69, 9.17) is 4.74 Å². The van der Waals surface area contributed by atoms with Crippen molar-refractivity contribution in [2.45, 2.75) is 37.8 Å². The van der Waals surface area contributed by atoms with Crippen molar-refractivity contribution >= 4 is 17.5 Å². The average molecular weight is 286 g/mol. The summed E-state index contributed by atoms with van der Waals surface area (Å²) in [6.45, 7) is 0.731. The first-order valence-corrected chi connectivity index (χ1v) is 7.56. The van der Waals surface area contributed by atoms with Crippen molar-refractivity contribution in [3.05, 3.63) is 29.3 Å². The number of hydrogen-bond acceptors (Lipinski definition) is 3. The van der Waals surface area contributed by atoms with Crippen molar-refractivity contribution in [3.63, 3.8) is 0 Å². The van der Waals surface area contributed by atoms with Gasteiger partial charge in [-0.2, -0.15) is 0 Å². The molecule has 110 valence electrons. The zero-order valence-electron chi connectivity index (χ0n) is 11.7. The second-order valence-corrected chi connectivity index (χ2v) is 6.14. The molecule has 0 spiro atoms. The van der Waals surface area contributed by atoms with Gasteiger partial charge in [0.1, 0.15) is 0 Å². The Morgan fingerprint density at radius 1 is 1.29 bits per heavy atom. The van der Waals surface area contributed by atoms with Crippen LogP contribution in [-0.2, 0) is 16.0 Å². The van der Waals surface area contributed by atoms with Gasteiger partial charge in [0.2, 0.25) is 5.91 Å². The van der Waals surface area contributed by atoms with Crippen LogP contribution in [0.5, 0.6) is 0 Å². The molecule has 2 unspecified atom stereocenters. The lowest BCUT2D eigenvalue weighted by molar-refractivity contribution is -0.115. The Kier molecular flexibility index (Phi) is 2.96. The molecule has 1 saturated carbocycles. The molecule has 4 rings (SSSR count). The lowest BCUT2D eigenvalue weighted by atomic mass is 10.0. The summed E-state index contributed by atoms with van der Waals surface area (Å²) in [5.41, 5.74) is 2.33. The number of anilines is 1. The molecule has 2 atom stereocenters. The third-order valence-electron chi connectivity index (χ3n) is 4.53. The van der Waals surface area contributed by atoms with Gasteiger partial charge in [-0.05, 0) is 48.9 Å². The standard InChI is InChI=1S/C16H18N2O3/c19-14-8-11-7-10(3-4-12(11)17-14)16(20)18-13-5-6-21-15(13)9-1-2-9/h3-4,7,9,13,15H,1-2,5-6,8H2,(H,17,19)(H,18,20). The van der Waals surface area contributed by atoms with Crippen molar-refractivity contribution in [1.29, 1.82) is 0 Å². The summed E-state index contributed by atoms with van der Waals surface area (Å²) < 4.78 is 5.74. The van der Waals surface area contributed by atoms with Crippen LogP contribution in [0.2, 0.25) is 0 Å². The second-order valence-electron chi connectivity index (χ2n) is 6.14. The molecule has 2 aliphatic heterocycles. The van der Waals surface area contributed by atoms with E-state index in [9.17, 15) is 9.59 Å². The minimum atomic E-state index is -0.0710. The molecule has 0 bridgehead atoms. The van der Waals surface area contributed by atoms with Crippen LogP contribution in [0.15, 0.2) is 18.2 Å². The Morgan fingerprint density at radius 3 is 2.95 bits per heavy atom. The van der Waals surface area contributed by atoms with Gasteiger partial charge in [0, 0.05) is 17.9 Å². The van der Waals surface area contributed by atoms with Gasteiger partial charge in [-0.3, -0.25) is 9.59 Å². The SMILES string of the molecule is O=C1Cc2cc(C(=O)NC3CCOC3C3CC3)ccc2N1. The van der Waals surface area contributed by atoms with Crippen molar-refractivity contribution in [2.75, 3.05) is 11.9 Å². The van der Waals surface area contributed by atoms with Gasteiger partial charge in [-0.25, -0.2) is 0 Å². The quantitative estimate of drug-likeness (QED) is 0.884. The molecule has 2 fully saturated rings. The van der Waals surface area contributed by atoms with Crippen molar-refractivity contribution in [3.8, 4) is 0 Å². The molecule has 1 aromatic carbocycles. The van der Waals surface area contributed by atoms with E-state index in [-0.39, 0.29) is 24.0 Å². The second kappa shape index (κ2) is 4.84. The molecule has 3 aliphatic rings. The highest BCUT2D eigenvalue weighted by atomic mass is 16.5. The van der Waals surface area contributed by atoms with E-state index in [1.807, 2.05) is 6.07 Å². The monoisotopic (exact) mass is 286 g/mol. The summed E-state index contributed by atoms with van der Waals surface area (Å²) in [6.07, 6.45) is 3.85. The molecule has 2 N–H and O–H groups in total. The molecule has 2 amide bonds. The van der Waals surface area contributed by atoms with E-state index >= 15 is 0 Å². The van der Waals surface area contributed by atoms with Crippen LogP contribution in [-0.4, -0.2) is 30.6 Å². The summed E-state index contributed by atoms with van der Waals surface area (Å²) in [7, 11) is 0. The van der Waals surface area contributed by atoms with E-state index < -0.39 is 0 Å². The number of nitrogens with one attached hydrogen (secondary N) is 2. The minimum absolute atomic E-state index is 0.0134. The zero-order valence-corrected chi connectivity index (χ0v) is 11.7. The molecule has 5 heteroatoms. The molecule has 1 aliphatic carbocycles. The Morgan fingerprint density at radius 2 is 2.14 bits per heavy atom. The van der Waals surface area contributed by atoms with Gasteiger partial charge in [-0.1, -0.05) is 0 Å². The third kappa shape index (κ3) is 2.42. The maximum absolute atomic E-state index is 12.4. The van der Waals surface area contributed by atoms with Crippen molar-refractivity contribution in [2.24, 2.45) is 5.92 Å². The van der Waals surface area contributed by atoms with E-state index in [1.165, 1.54) is 12.8 Å². The Balaban J connectivity index is 1.47. The molecule has 1 aromatic rings. The molecule has 1 saturated heterocycles. The van der Waals surface area contributed by atoms with Gasteiger partial charge in [0.25, 0.3) is 5.91 Å². The van der Waals surface area contributed by atoms with E-state index in [0.29, 0.717) is 17.9 Å². The highest BCUT2D eigenvalue weighted by Gasteiger charge is 2.41. The van der Waals surface area contributed by atoms with Crippen LogP contribution in [0, 0.1) is 5.92 Å². The van der Waals surface area contributed by atoms with Crippen LogP contribution >= 0.6 is 0 Å².